The molecule has 2 N–H and O–H groups in total. The second-order valence-electron chi connectivity index (χ2n) is 5.44. The highest BCUT2D eigenvalue weighted by molar-refractivity contribution is 5.85. The number of carboxylic acids is 1. The first-order valence-electron chi connectivity index (χ1n) is 7.08. The molecule has 0 fully saturated rings. The molecule has 0 bridgehead atoms. The maximum atomic E-state index is 11.0. The van der Waals surface area contributed by atoms with Crippen LogP contribution in [0.15, 0.2) is 23.3 Å². The Bertz CT molecular complexity index is 688. The molecule has 0 aliphatic rings. The minimum Gasteiger partial charge on any atom is -0.481 e. The summed E-state index contributed by atoms with van der Waals surface area (Å²) in [6, 6.07) is 3.19. The summed E-state index contributed by atoms with van der Waals surface area (Å²) in [5.74, 6) is -1.24. The van der Waals surface area contributed by atoms with Crippen molar-refractivity contribution in [3.05, 3.63) is 38.4 Å². The Labute approximate surface area is 137 Å². The first kappa shape index (κ1) is 19.0. The zero-order chi connectivity index (χ0) is 18.4. The van der Waals surface area contributed by atoms with Crippen LogP contribution in [0.1, 0.15) is 27.2 Å². The lowest BCUT2D eigenvalue weighted by Gasteiger charge is -2.18. The molecule has 0 aromatic heterocycles. The molecule has 0 spiro atoms. The fourth-order valence-corrected chi connectivity index (χ4v) is 1.99. The monoisotopic (exact) mass is 338 g/mol. The summed E-state index contributed by atoms with van der Waals surface area (Å²) in [6.45, 7) is 5.25. The van der Waals surface area contributed by atoms with Crippen LogP contribution in [0.2, 0.25) is 0 Å². The molecule has 0 heterocycles. The van der Waals surface area contributed by atoms with Crippen molar-refractivity contribution in [3.8, 4) is 0 Å². The van der Waals surface area contributed by atoms with Gasteiger partial charge in [-0.15, -0.1) is 0 Å². The SMILES string of the molecule is C/C(=N/Nc1ccc([N+](=O)[O-])cc1[N+](=O)[O-])[C@@H](C)[C@@H](C)CC(=O)O. The second-order valence-corrected chi connectivity index (χ2v) is 5.44. The lowest BCUT2D eigenvalue weighted by molar-refractivity contribution is -0.393. The molecule has 0 saturated carbocycles. The van der Waals surface area contributed by atoms with Crippen LogP contribution >= 0.6 is 0 Å². The quantitative estimate of drug-likeness (QED) is 0.420. The van der Waals surface area contributed by atoms with Crippen molar-refractivity contribution < 1.29 is 19.7 Å². The number of nitro groups is 2. The van der Waals surface area contributed by atoms with E-state index in [4.69, 9.17) is 5.11 Å². The Hall–Kier alpha value is -3.04. The molecule has 10 nitrogen and oxygen atoms in total. The average Bonchev–Trinajstić information content (AvgIpc) is 2.50. The van der Waals surface area contributed by atoms with Crippen molar-refractivity contribution in [2.24, 2.45) is 16.9 Å². The number of benzene rings is 1. The van der Waals surface area contributed by atoms with Crippen molar-refractivity contribution in [1.82, 2.24) is 0 Å². The molecule has 10 heteroatoms. The topological polar surface area (TPSA) is 148 Å². The highest BCUT2D eigenvalue weighted by atomic mass is 16.6. The first-order valence-corrected chi connectivity index (χ1v) is 7.08. The van der Waals surface area contributed by atoms with Crippen molar-refractivity contribution in [2.45, 2.75) is 27.2 Å². The number of nitrogens with zero attached hydrogens (tertiary/aromatic N) is 3. The molecule has 0 saturated heterocycles. The van der Waals surface area contributed by atoms with Gasteiger partial charge in [0.2, 0.25) is 0 Å². The average molecular weight is 338 g/mol. The maximum absolute atomic E-state index is 11.0. The van der Waals surface area contributed by atoms with Crippen LogP contribution in [0.4, 0.5) is 17.1 Å². The van der Waals surface area contributed by atoms with Crippen LogP contribution in [-0.4, -0.2) is 26.6 Å². The smallest absolute Gasteiger partial charge is 0.303 e. The van der Waals surface area contributed by atoms with Gasteiger partial charge < -0.3 is 5.11 Å². The minimum absolute atomic E-state index is 0.0167. The predicted octanol–water partition coefficient (Wildman–Crippen LogP) is 3.04. The van der Waals surface area contributed by atoms with Crippen LogP contribution in [0.5, 0.6) is 0 Å². The van der Waals surface area contributed by atoms with Crippen LogP contribution in [-0.2, 0) is 4.79 Å². The van der Waals surface area contributed by atoms with Gasteiger partial charge in [0.05, 0.1) is 15.9 Å². The summed E-state index contributed by atoms with van der Waals surface area (Å²) >= 11 is 0. The molecule has 0 aliphatic carbocycles. The van der Waals surface area contributed by atoms with E-state index in [1.165, 1.54) is 6.07 Å². The number of hydrazone groups is 1. The molecule has 24 heavy (non-hydrogen) atoms. The van der Waals surface area contributed by atoms with Gasteiger partial charge in [-0.2, -0.15) is 5.10 Å². The summed E-state index contributed by atoms with van der Waals surface area (Å²) in [5.41, 5.74) is 2.25. The Morgan fingerprint density at radius 2 is 1.92 bits per heavy atom. The van der Waals surface area contributed by atoms with E-state index >= 15 is 0 Å². The van der Waals surface area contributed by atoms with E-state index in [9.17, 15) is 25.0 Å². The van der Waals surface area contributed by atoms with Crippen LogP contribution < -0.4 is 5.43 Å². The van der Waals surface area contributed by atoms with Gasteiger partial charge in [0.15, 0.2) is 0 Å². The number of carbonyl (C=O) groups is 1. The standard InChI is InChI=1S/C14H18N4O6/c1-8(6-14(19)20)9(2)10(3)15-16-12-5-4-11(17(21)22)7-13(12)18(23)24/h4-5,7-9,16H,6H2,1-3H3,(H,19,20)/b15-10-/t8-,9-/m0/s1. The molecule has 2 atom stereocenters. The Morgan fingerprint density at radius 1 is 1.29 bits per heavy atom. The fourth-order valence-electron chi connectivity index (χ4n) is 1.99. The van der Waals surface area contributed by atoms with Crippen molar-refractivity contribution in [2.75, 3.05) is 5.43 Å². The summed E-state index contributed by atoms with van der Waals surface area (Å²) in [6.07, 6.45) is -0.0221. The number of nitrogens with one attached hydrogen (secondary N) is 1. The van der Waals surface area contributed by atoms with Gasteiger partial charge in [0.1, 0.15) is 5.69 Å². The first-order chi connectivity index (χ1) is 11.1. The number of anilines is 1. The zero-order valence-corrected chi connectivity index (χ0v) is 13.4. The van der Waals surface area contributed by atoms with Gasteiger partial charge in [-0.3, -0.25) is 30.4 Å². The molecule has 130 valence electrons. The number of non-ortho nitro benzene ring substituents is 1. The van der Waals surface area contributed by atoms with Crippen LogP contribution in [0.3, 0.4) is 0 Å². The largest absolute Gasteiger partial charge is 0.481 e. The van der Waals surface area contributed by atoms with Gasteiger partial charge in [-0.1, -0.05) is 13.8 Å². The Kier molecular flexibility index (Phi) is 6.33. The van der Waals surface area contributed by atoms with E-state index in [-0.39, 0.29) is 23.9 Å². The molecule has 0 amide bonds. The van der Waals surface area contributed by atoms with Crippen LogP contribution in [0, 0.1) is 32.1 Å². The molecular weight excluding hydrogens is 320 g/mol. The summed E-state index contributed by atoms with van der Waals surface area (Å²) < 4.78 is 0. The third-order valence-electron chi connectivity index (χ3n) is 3.75. The van der Waals surface area contributed by atoms with Crippen molar-refractivity contribution in [1.29, 1.82) is 0 Å². The minimum atomic E-state index is -0.916. The van der Waals surface area contributed by atoms with Crippen LogP contribution in [0.25, 0.3) is 0 Å². The highest BCUT2D eigenvalue weighted by Crippen LogP contribution is 2.29. The Balaban J connectivity index is 2.98. The maximum Gasteiger partial charge on any atom is 0.303 e. The summed E-state index contributed by atoms with van der Waals surface area (Å²) in [4.78, 5) is 31.0. The fraction of sp³-hybridized carbons (Fsp3) is 0.429. The van der Waals surface area contributed by atoms with Crippen molar-refractivity contribution in [3.63, 3.8) is 0 Å². The van der Waals surface area contributed by atoms with Gasteiger partial charge >= 0.3 is 11.7 Å². The molecule has 1 aromatic carbocycles. The molecule has 0 aliphatic heterocycles. The molecule has 1 aromatic rings. The molecule has 0 unspecified atom stereocenters. The zero-order valence-electron chi connectivity index (χ0n) is 13.4. The lowest BCUT2D eigenvalue weighted by atomic mass is 9.89. The normalized spacial score (nSPS) is 13.9. The van der Waals surface area contributed by atoms with Gasteiger partial charge in [-0.05, 0) is 24.8 Å². The van der Waals surface area contributed by atoms with Crippen molar-refractivity contribution >= 4 is 28.7 Å². The predicted molar refractivity (Wildman–Crippen MR) is 87.1 cm³/mol. The number of hydrogen-bond donors (Lipinski definition) is 2. The number of nitro benzene ring substituents is 2. The second kappa shape index (κ2) is 7.99. The molecule has 0 radical (unpaired) electrons. The number of carboxylic acid groups (broad SMARTS) is 1. The van der Waals surface area contributed by atoms with Gasteiger partial charge in [-0.25, -0.2) is 0 Å². The van der Waals surface area contributed by atoms with Gasteiger partial charge in [0.25, 0.3) is 5.69 Å². The third-order valence-corrected chi connectivity index (χ3v) is 3.75. The highest BCUT2D eigenvalue weighted by Gasteiger charge is 2.21. The molecule has 1 rings (SSSR count). The van der Waals surface area contributed by atoms with E-state index < -0.39 is 27.2 Å². The number of hydrogen-bond acceptors (Lipinski definition) is 7. The summed E-state index contributed by atoms with van der Waals surface area (Å²) in [7, 11) is 0. The van der Waals surface area contributed by atoms with Gasteiger partial charge in [0, 0.05) is 18.2 Å². The van der Waals surface area contributed by atoms with E-state index in [1.807, 2.05) is 0 Å². The number of rotatable bonds is 8. The molecular formula is C14H18N4O6. The van der Waals surface area contributed by atoms with E-state index in [0.717, 1.165) is 12.1 Å². The summed E-state index contributed by atoms with van der Waals surface area (Å²) in [5, 5.41) is 34.6. The number of aliphatic carboxylic acids is 1. The van der Waals surface area contributed by atoms with E-state index in [0.29, 0.717) is 5.71 Å². The van der Waals surface area contributed by atoms with E-state index in [1.54, 1.807) is 20.8 Å². The van der Waals surface area contributed by atoms with E-state index in [2.05, 4.69) is 10.5 Å². The lowest BCUT2D eigenvalue weighted by Crippen LogP contribution is -2.20. The third kappa shape index (κ3) is 5.00. The Morgan fingerprint density at radius 3 is 2.42 bits per heavy atom.